The molecule has 0 fully saturated rings. The first kappa shape index (κ1) is 19.0. The van der Waals surface area contributed by atoms with Crippen LogP contribution in [0.15, 0.2) is 46.9 Å². The third-order valence-electron chi connectivity index (χ3n) is 3.55. The molecule has 25 heavy (non-hydrogen) atoms. The van der Waals surface area contributed by atoms with Gasteiger partial charge in [0.1, 0.15) is 5.75 Å². The van der Waals surface area contributed by atoms with Gasteiger partial charge in [0, 0.05) is 10.2 Å². The maximum Gasteiger partial charge on any atom is 0.347 e. The minimum atomic E-state index is -0.811. The van der Waals surface area contributed by atoms with Crippen LogP contribution in [0, 0.1) is 13.8 Å². The molecule has 5 nitrogen and oxygen atoms in total. The molecule has 2 aromatic carbocycles. The molecule has 6 heteroatoms. The summed E-state index contributed by atoms with van der Waals surface area (Å²) in [5.74, 6) is -0.436. The van der Waals surface area contributed by atoms with Gasteiger partial charge in [0.25, 0.3) is 5.91 Å². The number of halogens is 1. The van der Waals surface area contributed by atoms with Gasteiger partial charge < -0.3 is 14.8 Å². The molecule has 1 atom stereocenters. The molecular weight excluding hydrogens is 386 g/mol. The number of hydrogen-bond acceptors (Lipinski definition) is 4. The van der Waals surface area contributed by atoms with Gasteiger partial charge in [-0.3, -0.25) is 4.79 Å². The number of nitrogens with one attached hydrogen (secondary N) is 1. The number of amides is 1. The Morgan fingerprint density at radius 2 is 1.68 bits per heavy atom. The first-order valence-corrected chi connectivity index (χ1v) is 8.61. The molecular formula is C19H20BrNO4. The van der Waals surface area contributed by atoms with Crippen molar-refractivity contribution in [1.29, 1.82) is 0 Å². The lowest BCUT2D eigenvalue weighted by Gasteiger charge is -2.15. The van der Waals surface area contributed by atoms with E-state index < -0.39 is 12.1 Å². The summed E-state index contributed by atoms with van der Waals surface area (Å²) in [7, 11) is 0. The van der Waals surface area contributed by atoms with Crippen molar-refractivity contribution in [2.75, 3.05) is 11.9 Å². The predicted molar refractivity (Wildman–Crippen MR) is 99.7 cm³/mol. The van der Waals surface area contributed by atoms with Crippen molar-refractivity contribution < 1.29 is 19.1 Å². The summed E-state index contributed by atoms with van der Waals surface area (Å²) in [5.41, 5.74) is 2.64. The molecule has 0 heterocycles. The largest absolute Gasteiger partial charge is 0.479 e. The van der Waals surface area contributed by atoms with Gasteiger partial charge in [-0.15, -0.1) is 0 Å². The fourth-order valence-corrected chi connectivity index (χ4v) is 2.47. The molecule has 1 N–H and O–H groups in total. The van der Waals surface area contributed by atoms with E-state index in [1.54, 1.807) is 19.1 Å². The molecule has 0 aliphatic heterocycles. The Kier molecular flexibility index (Phi) is 6.58. The number of para-hydroxylation sites is 1. The van der Waals surface area contributed by atoms with Crippen molar-refractivity contribution in [2.45, 2.75) is 26.9 Å². The second-order valence-electron chi connectivity index (χ2n) is 5.64. The van der Waals surface area contributed by atoms with Crippen LogP contribution in [0.2, 0.25) is 0 Å². The van der Waals surface area contributed by atoms with Crippen molar-refractivity contribution >= 4 is 33.5 Å². The Labute approximate surface area is 155 Å². The molecule has 0 saturated heterocycles. The molecule has 2 rings (SSSR count). The van der Waals surface area contributed by atoms with Gasteiger partial charge >= 0.3 is 5.97 Å². The first-order valence-electron chi connectivity index (χ1n) is 7.81. The van der Waals surface area contributed by atoms with Gasteiger partial charge in [-0.1, -0.05) is 34.1 Å². The first-order chi connectivity index (χ1) is 11.9. The molecule has 0 bridgehead atoms. The Morgan fingerprint density at radius 3 is 2.28 bits per heavy atom. The van der Waals surface area contributed by atoms with E-state index in [0.29, 0.717) is 5.75 Å². The number of benzene rings is 2. The number of esters is 1. The standard InChI is InChI=1S/C19H20BrNO4/c1-12-5-4-6-13(2)18(12)21-17(22)11-24-19(23)14(3)25-16-9-7-15(20)8-10-16/h4-10,14H,11H2,1-3H3,(H,21,22)/t14-/m0/s1. The monoisotopic (exact) mass is 405 g/mol. The summed E-state index contributed by atoms with van der Waals surface area (Å²) in [6, 6.07) is 12.8. The van der Waals surface area contributed by atoms with Gasteiger partial charge in [0.15, 0.2) is 12.7 Å². The van der Waals surface area contributed by atoms with E-state index in [1.807, 2.05) is 44.2 Å². The highest BCUT2D eigenvalue weighted by Crippen LogP contribution is 2.19. The van der Waals surface area contributed by atoms with E-state index in [4.69, 9.17) is 9.47 Å². The normalized spacial score (nSPS) is 11.5. The molecule has 0 aromatic heterocycles. The average molecular weight is 406 g/mol. The fourth-order valence-electron chi connectivity index (χ4n) is 2.21. The van der Waals surface area contributed by atoms with Crippen molar-refractivity contribution in [3.8, 4) is 5.75 Å². The van der Waals surface area contributed by atoms with Crippen molar-refractivity contribution in [1.82, 2.24) is 0 Å². The van der Waals surface area contributed by atoms with Crippen LogP contribution < -0.4 is 10.1 Å². The van der Waals surface area contributed by atoms with E-state index in [9.17, 15) is 9.59 Å². The second kappa shape index (κ2) is 8.67. The number of hydrogen-bond donors (Lipinski definition) is 1. The topological polar surface area (TPSA) is 64.6 Å². The van der Waals surface area contributed by atoms with Crippen LogP contribution in [0.4, 0.5) is 5.69 Å². The summed E-state index contributed by atoms with van der Waals surface area (Å²) >= 11 is 3.33. The highest BCUT2D eigenvalue weighted by atomic mass is 79.9. The van der Waals surface area contributed by atoms with Gasteiger partial charge in [0.2, 0.25) is 0 Å². The highest BCUT2D eigenvalue weighted by molar-refractivity contribution is 9.10. The number of ether oxygens (including phenoxy) is 2. The Hall–Kier alpha value is -2.34. The zero-order chi connectivity index (χ0) is 18.4. The van der Waals surface area contributed by atoms with E-state index in [-0.39, 0.29) is 12.5 Å². The molecule has 0 saturated carbocycles. The number of anilines is 1. The minimum absolute atomic E-state index is 0.360. The van der Waals surface area contributed by atoms with E-state index in [2.05, 4.69) is 21.2 Å². The molecule has 1 amide bonds. The highest BCUT2D eigenvalue weighted by Gasteiger charge is 2.18. The third-order valence-corrected chi connectivity index (χ3v) is 4.08. The second-order valence-corrected chi connectivity index (χ2v) is 6.55. The summed E-state index contributed by atoms with van der Waals surface area (Å²) in [6.45, 7) is 5.03. The Morgan fingerprint density at radius 1 is 1.08 bits per heavy atom. The summed E-state index contributed by atoms with van der Waals surface area (Å²) in [4.78, 5) is 24.0. The van der Waals surface area contributed by atoms with Crippen LogP contribution in [-0.4, -0.2) is 24.6 Å². The van der Waals surface area contributed by atoms with Crippen LogP contribution in [0.3, 0.4) is 0 Å². The van der Waals surface area contributed by atoms with Crippen molar-refractivity contribution in [2.24, 2.45) is 0 Å². The van der Waals surface area contributed by atoms with Crippen LogP contribution in [0.5, 0.6) is 5.75 Å². The maximum atomic E-state index is 12.0. The quantitative estimate of drug-likeness (QED) is 0.737. The number of carbonyl (C=O) groups is 2. The zero-order valence-electron chi connectivity index (χ0n) is 14.3. The average Bonchev–Trinajstić information content (AvgIpc) is 2.58. The van der Waals surface area contributed by atoms with Gasteiger partial charge in [-0.05, 0) is 56.2 Å². The number of carbonyl (C=O) groups excluding carboxylic acids is 2. The summed E-state index contributed by atoms with van der Waals surface area (Å²) in [5, 5.41) is 2.77. The number of rotatable bonds is 6. The van der Waals surface area contributed by atoms with E-state index in [1.165, 1.54) is 0 Å². The molecule has 0 aliphatic carbocycles. The molecule has 132 valence electrons. The third kappa shape index (κ3) is 5.60. The Balaban J connectivity index is 1.84. The van der Waals surface area contributed by atoms with Crippen LogP contribution in [0.25, 0.3) is 0 Å². The lowest BCUT2D eigenvalue weighted by atomic mass is 10.1. The van der Waals surface area contributed by atoms with Gasteiger partial charge in [0.05, 0.1) is 0 Å². The lowest BCUT2D eigenvalue weighted by Crippen LogP contribution is -2.30. The minimum Gasteiger partial charge on any atom is -0.479 e. The smallest absolute Gasteiger partial charge is 0.347 e. The van der Waals surface area contributed by atoms with E-state index >= 15 is 0 Å². The molecule has 0 radical (unpaired) electrons. The SMILES string of the molecule is Cc1cccc(C)c1NC(=O)COC(=O)[C@H](C)Oc1ccc(Br)cc1. The maximum absolute atomic E-state index is 12.0. The van der Waals surface area contributed by atoms with Crippen LogP contribution in [0.1, 0.15) is 18.1 Å². The van der Waals surface area contributed by atoms with Crippen molar-refractivity contribution in [3.05, 3.63) is 58.1 Å². The van der Waals surface area contributed by atoms with E-state index in [0.717, 1.165) is 21.3 Å². The number of aryl methyl sites for hydroxylation is 2. The van der Waals surface area contributed by atoms with Crippen molar-refractivity contribution in [3.63, 3.8) is 0 Å². The zero-order valence-corrected chi connectivity index (χ0v) is 15.9. The van der Waals surface area contributed by atoms with Gasteiger partial charge in [-0.25, -0.2) is 4.79 Å². The van der Waals surface area contributed by atoms with Gasteiger partial charge in [-0.2, -0.15) is 0 Å². The summed E-state index contributed by atoms with van der Waals surface area (Å²) < 4.78 is 11.4. The molecule has 2 aromatic rings. The van der Waals surface area contributed by atoms with Crippen LogP contribution >= 0.6 is 15.9 Å². The molecule has 0 aliphatic rings. The predicted octanol–water partition coefficient (Wildman–Crippen LogP) is 4.02. The Bertz CT molecular complexity index is 738. The lowest BCUT2D eigenvalue weighted by molar-refractivity contribution is -0.153. The van der Waals surface area contributed by atoms with Crippen LogP contribution in [-0.2, 0) is 14.3 Å². The summed E-state index contributed by atoms with van der Waals surface area (Å²) in [6.07, 6.45) is -0.811. The molecule has 0 spiro atoms. The molecule has 0 unspecified atom stereocenters. The fraction of sp³-hybridized carbons (Fsp3) is 0.263.